The van der Waals surface area contributed by atoms with Crippen LogP contribution in [0.15, 0.2) is 67.1 Å². The number of piperidine rings is 1. The number of hydrogen-bond acceptors (Lipinski definition) is 7. The van der Waals surface area contributed by atoms with E-state index in [0.29, 0.717) is 30.7 Å². The number of fused-ring (bicyclic) bond motifs is 1. The Labute approximate surface area is 228 Å². The molecule has 0 bridgehead atoms. The van der Waals surface area contributed by atoms with Crippen molar-refractivity contribution in [2.75, 3.05) is 18.8 Å². The molecule has 1 aliphatic heterocycles. The third kappa shape index (κ3) is 5.36. The predicted molar refractivity (Wildman–Crippen MR) is 153 cm³/mol. The van der Waals surface area contributed by atoms with Crippen LogP contribution < -0.4 is 15.6 Å². The number of likely N-dealkylation sites (tertiary alicyclic amines) is 1. The van der Waals surface area contributed by atoms with Gasteiger partial charge >= 0.3 is 0 Å². The average molecular weight is 547 g/mol. The lowest BCUT2D eigenvalue weighted by molar-refractivity contribution is 0.118. The minimum Gasteiger partial charge on any atom is -0.457 e. The molecular weight excluding hydrogens is 512 g/mol. The van der Waals surface area contributed by atoms with Gasteiger partial charge in [-0.25, -0.2) is 23.5 Å². The number of primary sulfonamides is 1. The molecule has 10 heteroatoms. The number of aromatic nitrogens is 3. The van der Waals surface area contributed by atoms with Crippen LogP contribution in [0.3, 0.4) is 0 Å². The molecule has 1 saturated carbocycles. The summed E-state index contributed by atoms with van der Waals surface area (Å²) in [7, 11) is -3.45. The number of anilines is 1. The number of nitrogens with zero attached hydrogens (tertiary/aromatic N) is 4. The largest absolute Gasteiger partial charge is 0.457 e. The van der Waals surface area contributed by atoms with Crippen LogP contribution in [-0.4, -0.2) is 52.2 Å². The van der Waals surface area contributed by atoms with E-state index in [0.717, 1.165) is 72.4 Å². The maximum absolute atomic E-state index is 11.7. The average Bonchev–Trinajstić information content (AvgIpc) is 3.35. The smallest absolute Gasteiger partial charge is 0.212 e. The van der Waals surface area contributed by atoms with Gasteiger partial charge in [0, 0.05) is 23.8 Å². The highest BCUT2D eigenvalue weighted by molar-refractivity contribution is 7.89. The highest BCUT2D eigenvalue weighted by Crippen LogP contribution is 2.39. The minimum absolute atomic E-state index is 0.314. The van der Waals surface area contributed by atoms with Crippen molar-refractivity contribution in [3.05, 3.63) is 67.1 Å². The zero-order valence-electron chi connectivity index (χ0n) is 21.8. The standard InChI is InChI=1S/C29H34N6O3S/c30-28-27-26(20-6-12-24(13-7-20)38-23-4-2-1-3-5-23)18-35(29(27)33-19-32-28)22-10-8-21(9-11-22)34-16-14-25(15-17-34)39(31,36)37/h1-7,12-13,18-19,21-22,25H,8-11,14-17H2,(H2,30,32,33)(H2,31,36,37)/t21-,22+. The number of hydrogen-bond donors (Lipinski definition) is 2. The molecule has 9 nitrogen and oxygen atoms in total. The zero-order chi connectivity index (χ0) is 27.0. The molecule has 39 heavy (non-hydrogen) atoms. The lowest BCUT2D eigenvalue weighted by atomic mass is 9.89. The van der Waals surface area contributed by atoms with Crippen molar-refractivity contribution in [3.63, 3.8) is 0 Å². The molecule has 1 saturated heterocycles. The molecule has 204 valence electrons. The van der Waals surface area contributed by atoms with Crippen molar-refractivity contribution in [3.8, 4) is 22.6 Å². The van der Waals surface area contributed by atoms with E-state index in [-0.39, 0.29) is 0 Å². The topological polar surface area (TPSA) is 129 Å². The Morgan fingerprint density at radius 3 is 2.13 bits per heavy atom. The van der Waals surface area contributed by atoms with E-state index < -0.39 is 15.3 Å². The Morgan fingerprint density at radius 2 is 1.46 bits per heavy atom. The van der Waals surface area contributed by atoms with Crippen LogP contribution in [-0.2, 0) is 10.0 Å². The molecule has 0 radical (unpaired) electrons. The maximum Gasteiger partial charge on any atom is 0.212 e. The normalized spacial score (nSPS) is 21.3. The molecule has 1 aliphatic carbocycles. The summed E-state index contributed by atoms with van der Waals surface area (Å²) in [5.74, 6) is 2.04. The number of benzene rings is 2. The summed E-state index contributed by atoms with van der Waals surface area (Å²) in [6.07, 6.45) is 9.12. The van der Waals surface area contributed by atoms with E-state index in [1.165, 1.54) is 6.33 Å². The number of ether oxygens (including phenoxy) is 1. The fraction of sp³-hybridized carbons (Fsp3) is 0.379. The van der Waals surface area contributed by atoms with Gasteiger partial charge in [-0.2, -0.15) is 0 Å². The van der Waals surface area contributed by atoms with Gasteiger partial charge in [-0.05, 0) is 81.4 Å². The van der Waals surface area contributed by atoms with Crippen LogP contribution in [0.25, 0.3) is 22.2 Å². The molecule has 2 aliphatic rings. The van der Waals surface area contributed by atoms with Crippen molar-refractivity contribution >= 4 is 26.9 Å². The highest BCUT2D eigenvalue weighted by atomic mass is 32.2. The number of rotatable bonds is 6. The van der Waals surface area contributed by atoms with E-state index in [9.17, 15) is 8.42 Å². The van der Waals surface area contributed by atoms with Crippen LogP contribution in [0.1, 0.15) is 44.6 Å². The quantitative estimate of drug-likeness (QED) is 0.358. The summed E-state index contributed by atoms with van der Waals surface area (Å²) in [6, 6.07) is 18.5. The Bertz CT molecular complexity index is 1540. The summed E-state index contributed by atoms with van der Waals surface area (Å²) in [5, 5.41) is 5.85. The van der Waals surface area contributed by atoms with Gasteiger partial charge in [0.1, 0.15) is 29.3 Å². The van der Waals surface area contributed by atoms with Crippen LogP contribution >= 0.6 is 0 Å². The van der Waals surface area contributed by atoms with Gasteiger partial charge in [0.2, 0.25) is 10.0 Å². The van der Waals surface area contributed by atoms with Gasteiger partial charge in [-0.15, -0.1) is 0 Å². The number of para-hydroxylation sites is 1. The lowest BCUT2D eigenvalue weighted by Crippen LogP contribution is -2.47. The van der Waals surface area contributed by atoms with Gasteiger partial charge in [-0.3, -0.25) is 0 Å². The fourth-order valence-corrected chi connectivity index (χ4v) is 7.07. The van der Waals surface area contributed by atoms with E-state index in [4.69, 9.17) is 15.6 Å². The molecule has 0 spiro atoms. The summed E-state index contributed by atoms with van der Waals surface area (Å²) >= 11 is 0. The Hall–Kier alpha value is -3.47. The van der Waals surface area contributed by atoms with E-state index >= 15 is 0 Å². The van der Waals surface area contributed by atoms with Crippen LogP contribution in [0, 0.1) is 0 Å². The first kappa shape index (κ1) is 25.8. The second-order valence-corrected chi connectivity index (χ2v) is 12.5. The van der Waals surface area contributed by atoms with Crippen molar-refractivity contribution < 1.29 is 13.2 Å². The van der Waals surface area contributed by atoms with Crippen LogP contribution in [0.5, 0.6) is 11.5 Å². The fourth-order valence-electron chi connectivity index (χ4n) is 6.20. The minimum atomic E-state index is -3.45. The van der Waals surface area contributed by atoms with E-state index in [1.807, 2.05) is 54.6 Å². The summed E-state index contributed by atoms with van der Waals surface area (Å²) in [6.45, 7) is 1.58. The number of nitrogen functional groups attached to an aromatic ring is 1. The van der Waals surface area contributed by atoms with E-state index in [1.54, 1.807) is 0 Å². The number of sulfonamides is 1. The second kappa shape index (κ2) is 10.6. The molecular formula is C29H34N6O3S. The third-order valence-corrected chi connectivity index (χ3v) is 9.70. The van der Waals surface area contributed by atoms with Gasteiger partial charge in [0.15, 0.2) is 0 Å². The van der Waals surface area contributed by atoms with Gasteiger partial charge in [-0.1, -0.05) is 30.3 Å². The Morgan fingerprint density at radius 1 is 0.821 bits per heavy atom. The molecule has 0 unspecified atom stereocenters. The molecule has 2 aromatic heterocycles. The van der Waals surface area contributed by atoms with Crippen LogP contribution in [0.4, 0.5) is 5.82 Å². The van der Waals surface area contributed by atoms with Crippen LogP contribution in [0.2, 0.25) is 0 Å². The molecule has 2 fully saturated rings. The maximum atomic E-state index is 11.7. The molecule has 4 N–H and O–H groups in total. The third-order valence-electron chi connectivity index (χ3n) is 8.30. The van der Waals surface area contributed by atoms with Gasteiger partial charge in [0.05, 0.1) is 10.6 Å². The Kier molecular flexibility index (Phi) is 7.01. The molecule has 0 atom stereocenters. The predicted octanol–water partition coefficient (Wildman–Crippen LogP) is 4.71. The van der Waals surface area contributed by atoms with E-state index in [2.05, 4.69) is 25.6 Å². The van der Waals surface area contributed by atoms with Crippen molar-refractivity contribution in [2.24, 2.45) is 5.14 Å². The molecule has 6 rings (SSSR count). The van der Waals surface area contributed by atoms with Gasteiger partial charge < -0.3 is 19.9 Å². The first-order chi connectivity index (χ1) is 18.9. The number of nitrogens with two attached hydrogens (primary N) is 2. The monoisotopic (exact) mass is 546 g/mol. The highest BCUT2D eigenvalue weighted by Gasteiger charge is 2.33. The first-order valence-electron chi connectivity index (χ1n) is 13.6. The summed E-state index contributed by atoms with van der Waals surface area (Å²) in [4.78, 5) is 11.4. The Balaban J connectivity index is 1.19. The summed E-state index contributed by atoms with van der Waals surface area (Å²) < 4.78 is 31.7. The van der Waals surface area contributed by atoms with Crippen molar-refractivity contribution in [1.29, 1.82) is 0 Å². The SMILES string of the molecule is Nc1ncnc2c1c(-c1ccc(Oc3ccccc3)cc1)cn2[C@H]1CC[C@@H](N2CCC(S(N)(=O)=O)CC2)CC1. The molecule has 2 aromatic carbocycles. The second-order valence-electron chi connectivity index (χ2n) is 10.6. The van der Waals surface area contributed by atoms with Crippen molar-refractivity contribution in [1.82, 2.24) is 19.4 Å². The summed E-state index contributed by atoms with van der Waals surface area (Å²) in [5.41, 5.74) is 9.29. The molecule has 4 aromatic rings. The van der Waals surface area contributed by atoms with Gasteiger partial charge in [0.25, 0.3) is 0 Å². The molecule has 0 amide bonds. The van der Waals surface area contributed by atoms with Crippen molar-refractivity contribution in [2.45, 2.75) is 55.9 Å². The zero-order valence-corrected chi connectivity index (χ0v) is 22.6. The lowest BCUT2D eigenvalue weighted by Gasteiger charge is -2.40. The molecule has 3 heterocycles. The first-order valence-corrected chi connectivity index (χ1v) is 15.2.